The summed E-state index contributed by atoms with van der Waals surface area (Å²) in [6, 6.07) is 69.9. The van der Waals surface area contributed by atoms with Crippen LogP contribution >= 0.6 is 0 Å². The van der Waals surface area contributed by atoms with E-state index in [0.29, 0.717) is 46.3 Å². The first-order valence-electron chi connectivity index (χ1n) is 20.0. The van der Waals surface area contributed by atoms with Crippen LogP contribution in [0.5, 0.6) is 0 Å². The monoisotopic (exact) mass is 784 g/mol. The third-order valence-corrected chi connectivity index (χ3v) is 10.7. The van der Waals surface area contributed by atoms with Crippen LogP contribution in [0.15, 0.2) is 219 Å². The first kappa shape index (κ1) is 36.9. The summed E-state index contributed by atoms with van der Waals surface area (Å²) in [5.74, 6) is 3.31. The molecule has 0 bridgehead atoms. The van der Waals surface area contributed by atoms with Crippen LogP contribution in [0.2, 0.25) is 0 Å². The van der Waals surface area contributed by atoms with E-state index in [1.54, 1.807) is 12.4 Å². The van der Waals surface area contributed by atoms with Crippen LogP contribution in [0.25, 0.3) is 68.6 Å². The van der Waals surface area contributed by atoms with Crippen LogP contribution in [0.3, 0.4) is 0 Å². The average molecular weight is 785 g/mol. The molecule has 0 saturated carbocycles. The van der Waals surface area contributed by atoms with Gasteiger partial charge in [-0.2, -0.15) is 0 Å². The summed E-state index contributed by atoms with van der Waals surface area (Å²) >= 11 is 0. The second-order valence-corrected chi connectivity index (χ2v) is 14.4. The van der Waals surface area contributed by atoms with Gasteiger partial charge in [0.05, 0.1) is 5.41 Å². The van der Waals surface area contributed by atoms with Gasteiger partial charge in [0.2, 0.25) is 0 Å². The highest BCUT2D eigenvalue weighted by Crippen LogP contribution is 2.46. The lowest BCUT2D eigenvalue weighted by molar-refractivity contribution is 0.745. The molecule has 8 heteroatoms. The summed E-state index contributed by atoms with van der Waals surface area (Å²) in [5, 5.41) is 0. The van der Waals surface area contributed by atoms with Crippen molar-refractivity contribution < 1.29 is 0 Å². The highest BCUT2D eigenvalue weighted by molar-refractivity contribution is 5.69. The molecule has 61 heavy (non-hydrogen) atoms. The van der Waals surface area contributed by atoms with Gasteiger partial charge in [-0.25, -0.2) is 29.9 Å². The van der Waals surface area contributed by atoms with E-state index in [2.05, 4.69) is 119 Å². The maximum Gasteiger partial charge on any atom is 0.182 e. The number of aromatic nitrogens is 8. The second kappa shape index (κ2) is 16.5. The summed E-state index contributed by atoms with van der Waals surface area (Å²) < 4.78 is 0. The molecule has 288 valence electrons. The second-order valence-electron chi connectivity index (χ2n) is 14.4. The van der Waals surface area contributed by atoms with Gasteiger partial charge in [0.25, 0.3) is 0 Å². The van der Waals surface area contributed by atoms with Crippen LogP contribution < -0.4 is 0 Å². The number of benzene rings is 6. The molecule has 10 rings (SSSR count). The summed E-state index contributed by atoms with van der Waals surface area (Å²) in [4.78, 5) is 38.7. The summed E-state index contributed by atoms with van der Waals surface area (Å²) in [6.45, 7) is 0. The van der Waals surface area contributed by atoms with Gasteiger partial charge in [-0.05, 0) is 46.5 Å². The Bertz CT molecular complexity index is 2700. The number of nitrogens with zero attached hydrogens (tertiary/aromatic N) is 8. The fraction of sp³-hybridized carbons (Fsp3) is 0.0189. The Morgan fingerprint density at radius 2 is 0.508 bits per heavy atom. The molecule has 0 radical (unpaired) electrons. The van der Waals surface area contributed by atoms with Gasteiger partial charge >= 0.3 is 0 Å². The van der Waals surface area contributed by atoms with Gasteiger partial charge in [-0.15, -0.1) is 0 Å². The predicted octanol–water partition coefficient (Wildman–Crippen LogP) is 11.2. The predicted molar refractivity (Wildman–Crippen MR) is 240 cm³/mol. The molecule has 0 fully saturated rings. The van der Waals surface area contributed by atoms with Crippen molar-refractivity contribution >= 4 is 0 Å². The number of hydrogen-bond acceptors (Lipinski definition) is 8. The van der Waals surface area contributed by atoms with Gasteiger partial charge in [-0.3, -0.25) is 9.97 Å². The van der Waals surface area contributed by atoms with Gasteiger partial charge in [0, 0.05) is 34.6 Å². The summed E-state index contributed by atoms with van der Waals surface area (Å²) in [5.41, 5.74) is 8.56. The quantitative estimate of drug-likeness (QED) is 0.126. The van der Waals surface area contributed by atoms with Gasteiger partial charge in [0.1, 0.15) is 11.4 Å². The van der Waals surface area contributed by atoms with E-state index in [1.807, 2.05) is 97.1 Å². The van der Waals surface area contributed by atoms with Crippen LogP contribution in [0, 0.1) is 0 Å². The van der Waals surface area contributed by atoms with Crippen molar-refractivity contribution in [2.24, 2.45) is 0 Å². The minimum atomic E-state index is -0.708. The number of hydrogen-bond donors (Lipinski definition) is 0. The molecule has 0 saturated heterocycles. The molecule has 0 N–H and O–H groups in total. The Morgan fingerprint density at radius 3 is 0.836 bits per heavy atom. The fourth-order valence-corrected chi connectivity index (χ4v) is 7.78. The molecular formula is C53H36N8. The van der Waals surface area contributed by atoms with Gasteiger partial charge in [-0.1, -0.05) is 182 Å². The van der Waals surface area contributed by atoms with Gasteiger partial charge < -0.3 is 0 Å². The van der Waals surface area contributed by atoms with Crippen molar-refractivity contribution in [1.29, 1.82) is 0 Å². The molecule has 10 aromatic rings. The smallest absolute Gasteiger partial charge is 0.182 e. The van der Waals surface area contributed by atoms with E-state index in [4.69, 9.17) is 29.9 Å². The van der Waals surface area contributed by atoms with Crippen molar-refractivity contribution in [3.05, 3.63) is 241 Å². The molecule has 0 unspecified atom stereocenters. The maximum absolute atomic E-state index is 4.98. The van der Waals surface area contributed by atoms with Crippen molar-refractivity contribution in [2.45, 2.75) is 5.41 Å². The molecule has 8 nitrogen and oxygen atoms in total. The van der Waals surface area contributed by atoms with Crippen LogP contribution in [-0.2, 0) is 5.41 Å². The van der Waals surface area contributed by atoms with Crippen molar-refractivity contribution in [2.75, 3.05) is 0 Å². The lowest BCUT2D eigenvalue weighted by atomic mass is 9.65. The Morgan fingerprint density at radius 1 is 0.230 bits per heavy atom. The van der Waals surface area contributed by atoms with Crippen molar-refractivity contribution in [3.63, 3.8) is 0 Å². The van der Waals surface area contributed by atoms with E-state index < -0.39 is 5.41 Å². The lowest BCUT2D eigenvalue weighted by Gasteiger charge is -2.37. The van der Waals surface area contributed by atoms with E-state index in [9.17, 15) is 0 Å². The molecule has 6 aromatic carbocycles. The zero-order valence-corrected chi connectivity index (χ0v) is 32.9. The van der Waals surface area contributed by atoms with Crippen LogP contribution in [0.4, 0.5) is 0 Å². The van der Waals surface area contributed by atoms with Crippen molar-refractivity contribution in [3.8, 4) is 68.6 Å². The van der Waals surface area contributed by atoms with Crippen molar-refractivity contribution in [1.82, 2.24) is 39.9 Å². The zero-order valence-electron chi connectivity index (χ0n) is 32.9. The zero-order chi connectivity index (χ0) is 40.9. The molecule has 0 amide bonds. The SMILES string of the molecule is c1ccc(-c2nc(-c3ccc(C(c4ccccc4)(c4ccccc4)c4ccc(-c5nc(-c6ccccc6)nc(-c6ccccn6)n5)cc4)cc3)nc(-c3ccccn3)n2)cc1. The number of pyridine rings is 2. The molecule has 0 aliphatic rings. The average Bonchev–Trinajstić information content (AvgIpc) is 3.36. The third-order valence-electron chi connectivity index (χ3n) is 10.7. The molecule has 0 aliphatic carbocycles. The van der Waals surface area contributed by atoms with E-state index in [0.717, 1.165) is 44.5 Å². The largest absolute Gasteiger partial charge is 0.253 e. The Hall–Kier alpha value is -8.36. The topological polar surface area (TPSA) is 103 Å². The Balaban J connectivity index is 1.11. The minimum Gasteiger partial charge on any atom is -0.253 e. The highest BCUT2D eigenvalue weighted by Gasteiger charge is 2.38. The highest BCUT2D eigenvalue weighted by atomic mass is 15.1. The fourth-order valence-electron chi connectivity index (χ4n) is 7.78. The Kier molecular flexibility index (Phi) is 9.98. The summed E-state index contributed by atoms with van der Waals surface area (Å²) in [6.07, 6.45) is 3.50. The first-order chi connectivity index (χ1) is 30.2. The van der Waals surface area contributed by atoms with E-state index in [1.165, 1.54) is 0 Å². The molecule has 4 heterocycles. The first-order valence-corrected chi connectivity index (χ1v) is 20.0. The molecular weight excluding hydrogens is 749 g/mol. The molecule has 0 atom stereocenters. The van der Waals surface area contributed by atoms with E-state index >= 15 is 0 Å². The van der Waals surface area contributed by atoms with Crippen LogP contribution in [-0.4, -0.2) is 39.9 Å². The maximum atomic E-state index is 4.98. The molecule has 4 aromatic heterocycles. The standard InChI is InChI=1S/C53H36N8/c1-5-17-37(18-6-1)47-56-49(60-51(58-47)45-25-13-15-35-54-45)39-27-31-43(32-28-39)53(41-21-9-3-10-22-41,42-23-11-4-12-24-42)44-33-29-40(30-34-44)50-57-48(38-19-7-2-8-20-38)59-52(61-50)46-26-14-16-36-55-46/h1-36H. The third kappa shape index (κ3) is 7.34. The number of rotatable bonds is 10. The minimum absolute atomic E-state index is 0.512. The normalized spacial score (nSPS) is 11.3. The summed E-state index contributed by atoms with van der Waals surface area (Å²) in [7, 11) is 0. The molecule has 0 aliphatic heterocycles. The Labute approximate surface area is 353 Å². The lowest BCUT2D eigenvalue weighted by Crippen LogP contribution is -2.31. The van der Waals surface area contributed by atoms with Gasteiger partial charge in [0.15, 0.2) is 34.9 Å². The van der Waals surface area contributed by atoms with E-state index in [-0.39, 0.29) is 0 Å². The van der Waals surface area contributed by atoms with Crippen LogP contribution in [0.1, 0.15) is 22.3 Å². The molecule has 0 spiro atoms.